The van der Waals surface area contributed by atoms with Crippen LogP contribution in [0.1, 0.15) is 23.7 Å². The SMILES string of the molecule is CCOc1ccc(C(=O)CC#N)cc1[N+](=O)[O-]. The van der Waals surface area contributed by atoms with Crippen molar-refractivity contribution in [3.63, 3.8) is 0 Å². The van der Waals surface area contributed by atoms with Gasteiger partial charge in [-0.3, -0.25) is 14.9 Å². The summed E-state index contributed by atoms with van der Waals surface area (Å²) in [6.07, 6.45) is -0.300. The molecule has 0 aliphatic carbocycles. The van der Waals surface area contributed by atoms with Gasteiger partial charge in [0.05, 0.1) is 24.0 Å². The average Bonchev–Trinajstić information content (AvgIpc) is 2.30. The van der Waals surface area contributed by atoms with Crippen molar-refractivity contribution in [3.8, 4) is 11.8 Å². The molecule has 0 aliphatic rings. The third-order valence-electron chi connectivity index (χ3n) is 2.02. The number of nitro groups is 1. The van der Waals surface area contributed by atoms with Crippen LogP contribution in [0.25, 0.3) is 0 Å². The van der Waals surface area contributed by atoms with Crippen molar-refractivity contribution in [2.45, 2.75) is 13.3 Å². The summed E-state index contributed by atoms with van der Waals surface area (Å²) in [4.78, 5) is 21.6. The number of rotatable bonds is 5. The normalized spacial score (nSPS) is 9.41. The third kappa shape index (κ3) is 3.01. The number of nitriles is 1. The molecule has 17 heavy (non-hydrogen) atoms. The first kappa shape index (κ1) is 12.6. The van der Waals surface area contributed by atoms with Crippen molar-refractivity contribution in [2.24, 2.45) is 0 Å². The van der Waals surface area contributed by atoms with Crippen molar-refractivity contribution in [3.05, 3.63) is 33.9 Å². The van der Waals surface area contributed by atoms with Crippen molar-refractivity contribution in [1.82, 2.24) is 0 Å². The van der Waals surface area contributed by atoms with E-state index in [1.165, 1.54) is 12.1 Å². The number of hydrogen-bond acceptors (Lipinski definition) is 5. The van der Waals surface area contributed by atoms with Gasteiger partial charge in [-0.1, -0.05) is 0 Å². The van der Waals surface area contributed by atoms with Gasteiger partial charge in [-0.2, -0.15) is 5.26 Å². The zero-order valence-electron chi connectivity index (χ0n) is 9.17. The average molecular weight is 234 g/mol. The highest BCUT2D eigenvalue weighted by Crippen LogP contribution is 2.28. The number of benzene rings is 1. The van der Waals surface area contributed by atoms with Crippen LogP contribution in [-0.2, 0) is 0 Å². The summed E-state index contributed by atoms with van der Waals surface area (Å²) in [5.74, 6) is -0.329. The summed E-state index contributed by atoms with van der Waals surface area (Å²) in [6, 6.07) is 5.62. The second-order valence-corrected chi connectivity index (χ2v) is 3.13. The van der Waals surface area contributed by atoms with Gasteiger partial charge in [-0.25, -0.2) is 0 Å². The fourth-order valence-electron chi connectivity index (χ4n) is 1.28. The Bertz CT molecular complexity index is 491. The molecule has 0 bridgehead atoms. The Morgan fingerprint density at radius 2 is 2.29 bits per heavy atom. The monoisotopic (exact) mass is 234 g/mol. The first-order valence-electron chi connectivity index (χ1n) is 4.91. The summed E-state index contributed by atoms with van der Waals surface area (Å²) < 4.78 is 5.08. The van der Waals surface area contributed by atoms with E-state index in [1.54, 1.807) is 13.0 Å². The van der Waals surface area contributed by atoms with Gasteiger partial charge in [0, 0.05) is 11.6 Å². The number of Topliss-reactive ketones (excluding diaryl/α,β-unsaturated/α-hetero) is 1. The van der Waals surface area contributed by atoms with Gasteiger partial charge in [0.1, 0.15) is 0 Å². The topological polar surface area (TPSA) is 93.2 Å². The van der Waals surface area contributed by atoms with E-state index in [1.807, 2.05) is 0 Å². The van der Waals surface area contributed by atoms with Gasteiger partial charge >= 0.3 is 5.69 Å². The molecule has 0 fully saturated rings. The molecule has 0 amide bonds. The zero-order valence-corrected chi connectivity index (χ0v) is 9.17. The number of carbonyl (C=O) groups excluding carboxylic acids is 1. The molecule has 0 atom stereocenters. The third-order valence-corrected chi connectivity index (χ3v) is 2.02. The standard InChI is InChI=1S/C11H10N2O4/c1-2-17-11-4-3-8(10(14)5-6-12)7-9(11)13(15)16/h3-4,7H,2,5H2,1H3. The molecule has 0 aromatic heterocycles. The molecule has 0 N–H and O–H groups in total. The lowest BCUT2D eigenvalue weighted by molar-refractivity contribution is -0.385. The summed E-state index contributed by atoms with van der Waals surface area (Å²) in [5, 5.41) is 19.2. The van der Waals surface area contributed by atoms with E-state index in [2.05, 4.69) is 0 Å². The van der Waals surface area contributed by atoms with E-state index in [0.29, 0.717) is 6.61 Å². The number of nitrogens with zero attached hydrogens (tertiary/aromatic N) is 2. The van der Waals surface area contributed by atoms with Crippen molar-refractivity contribution in [1.29, 1.82) is 5.26 Å². The van der Waals surface area contributed by atoms with Crippen LogP contribution in [0.15, 0.2) is 18.2 Å². The largest absolute Gasteiger partial charge is 0.487 e. The maximum Gasteiger partial charge on any atom is 0.311 e. The predicted molar refractivity (Wildman–Crippen MR) is 58.8 cm³/mol. The summed E-state index contributed by atoms with van der Waals surface area (Å²) in [5.41, 5.74) is -0.127. The molecule has 6 heteroatoms. The molecule has 6 nitrogen and oxygen atoms in total. The Kier molecular flexibility index (Phi) is 4.17. The highest BCUT2D eigenvalue weighted by atomic mass is 16.6. The van der Waals surface area contributed by atoms with Crippen LogP contribution in [0.3, 0.4) is 0 Å². The van der Waals surface area contributed by atoms with Crippen LogP contribution >= 0.6 is 0 Å². The van der Waals surface area contributed by atoms with Gasteiger partial charge in [-0.05, 0) is 19.1 Å². The molecule has 0 saturated carbocycles. The molecule has 0 unspecified atom stereocenters. The summed E-state index contributed by atoms with van der Waals surface area (Å²) >= 11 is 0. The Balaban J connectivity index is 3.14. The van der Waals surface area contributed by atoms with Gasteiger partial charge in [0.25, 0.3) is 0 Å². The van der Waals surface area contributed by atoms with E-state index in [4.69, 9.17) is 10.00 Å². The Morgan fingerprint density at radius 3 is 2.82 bits per heavy atom. The van der Waals surface area contributed by atoms with Crippen molar-refractivity contribution < 1.29 is 14.5 Å². The van der Waals surface area contributed by atoms with Crippen LogP contribution in [0.4, 0.5) is 5.69 Å². The molecular formula is C11H10N2O4. The molecule has 88 valence electrons. The molecule has 0 aliphatic heterocycles. The fraction of sp³-hybridized carbons (Fsp3) is 0.273. The highest BCUT2D eigenvalue weighted by molar-refractivity contribution is 5.98. The van der Waals surface area contributed by atoms with Crippen LogP contribution in [0.5, 0.6) is 5.75 Å². The first-order valence-corrected chi connectivity index (χ1v) is 4.91. The highest BCUT2D eigenvalue weighted by Gasteiger charge is 2.18. The summed E-state index contributed by atoms with van der Waals surface area (Å²) in [7, 11) is 0. The molecule has 1 aromatic rings. The number of ether oxygens (including phenoxy) is 1. The molecule has 0 saturated heterocycles. The van der Waals surface area contributed by atoms with Crippen LogP contribution < -0.4 is 4.74 Å². The van der Waals surface area contributed by atoms with Crippen molar-refractivity contribution >= 4 is 11.5 Å². The Labute approximate surface area is 97.6 Å². The van der Waals surface area contributed by atoms with E-state index < -0.39 is 10.7 Å². The Morgan fingerprint density at radius 1 is 1.59 bits per heavy atom. The molecular weight excluding hydrogens is 224 g/mol. The molecule has 0 spiro atoms. The predicted octanol–water partition coefficient (Wildman–Crippen LogP) is 2.09. The Hall–Kier alpha value is -2.42. The lowest BCUT2D eigenvalue weighted by Crippen LogP contribution is -2.02. The minimum Gasteiger partial charge on any atom is -0.487 e. The van der Waals surface area contributed by atoms with Crippen LogP contribution in [0, 0.1) is 21.4 Å². The minimum absolute atomic E-state index is 0.117. The number of carbonyl (C=O) groups is 1. The number of nitro benzene ring substituents is 1. The van der Waals surface area contributed by atoms with E-state index in [-0.39, 0.29) is 23.4 Å². The van der Waals surface area contributed by atoms with Gasteiger partial charge in [0.15, 0.2) is 11.5 Å². The lowest BCUT2D eigenvalue weighted by atomic mass is 10.1. The van der Waals surface area contributed by atoms with Crippen LogP contribution in [0.2, 0.25) is 0 Å². The molecule has 1 aromatic carbocycles. The zero-order chi connectivity index (χ0) is 12.8. The summed E-state index contributed by atoms with van der Waals surface area (Å²) in [6.45, 7) is 2.00. The fourth-order valence-corrected chi connectivity index (χ4v) is 1.28. The second-order valence-electron chi connectivity index (χ2n) is 3.13. The van der Waals surface area contributed by atoms with Crippen molar-refractivity contribution in [2.75, 3.05) is 6.61 Å². The quantitative estimate of drug-likeness (QED) is 0.441. The smallest absolute Gasteiger partial charge is 0.311 e. The molecule has 0 heterocycles. The van der Waals surface area contributed by atoms with E-state index in [9.17, 15) is 14.9 Å². The van der Waals surface area contributed by atoms with E-state index in [0.717, 1.165) is 6.07 Å². The maximum atomic E-state index is 11.4. The van der Waals surface area contributed by atoms with E-state index >= 15 is 0 Å². The minimum atomic E-state index is -0.617. The molecule has 0 radical (unpaired) electrons. The van der Waals surface area contributed by atoms with Crippen LogP contribution in [-0.4, -0.2) is 17.3 Å². The van der Waals surface area contributed by atoms with Gasteiger partial charge in [0.2, 0.25) is 0 Å². The number of hydrogen-bond donors (Lipinski definition) is 0. The lowest BCUT2D eigenvalue weighted by Gasteiger charge is -2.05. The first-order chi connectivity index (χ1) is 8.10. The van der Waals surface area contributed by atoms with Gasteiger partial charge < -0.3 is 4.74 Å². The molecule has 1 rings (SSSR count). The maximum absolute atomic E-state index is 11.4. The second kappa shape index (κ2) is 5.61. The van der Waals surface area contributed by atoms with Gasteiger partial charge in [-0.15, -0.1) is 0 Å². The number of ketones is 1.